The second-order valence-corrected chi connectivity index (χ2v) is 8.00. The van der Waals surface area contributed by atoms with Gasteiger partial charge in [-0.3, -0.25) is 9.59 Å². The van der Waals surface area contributed by atoms with Crippen molar-refractivity contribution >= 4 is 40.9 Å². The van der Waals surface area contributed by atoms with Gasteiger partial charge < -0.3 is 20.1 Å². The number of carbonyl (C=O) groups excluding carboxylic acids is 2. The molecule has 0 fully saturated rings. The number of nitrogens with one attached hydrogen (secondary N) is 2. The molecule has 0 aliphatic carbocycles. The summed E-state index contributed by atoms with van der Waals surface area (Å²) in [5.41, 5.74) is 1.80. The van der Waals surface area contributed by atoms with E-state index in [0.717, 1.165) is 17.1 Å². The Kier molecular flexibility index (Phi) is 7.65. The monoisotopic (exact) mass is 446 g/mol. The van der Waals surface area contributed by atoms with E-state index in [1.54, 1.807) is 25.1 Å². The van der Waals surface area contributed by atoms with Crippen LogP contribution in [-0.4, -0.2) is 30.8 Å². The normalized spacial score (nSPS) is 13.4. The van der Waals surface area contributed by atoms with Gasteiger partial charge in [0.1, 0.15) is 16.4 Å². The van der Waals surface area contributed by atoms with Gasteiger partial charge in [0.05, 0.1) is 23.8 Å². The van der Waals surface area contributed by atoms with Crippen molar-refractivity contribution in [1.82, 2.24) is 5.32 Å². The molecule has 2 aromatic rings. The van der Waals surface area contributed by atoms with Crippen LogP contribution in [0.15, 0.2) is 53.1 Å². The fraction of sp³-hybridized carbons (Fsp3) is 0.273. The number of halogens is 1. The standard InChI is InChI=1S/C22H23ClN2O4S/c1-3-28-17-7-4-15(5-8-17)13-24-21(26)18-9-6-16(12-19(18)23)25-22(27)20-14(2)29-10-11-30-20/h4-9,12H,3,10-11,13H2,1-2H3,(H,24,26)(H,25,27). The molecule has 6 nitrogen and oxygen atoms in total. The van der Waals surface area contributed by atoms with Crippen LogP contribution in [0.25, 0.3) is 0 Å². The quantitative estimate of drug-likeness (QED) is 0.649. The minimum Gasteiger partial charge on any atom is -0.496 e. The first-order valence-corrected chi connectivity index (χ1v) is 10.9. The maximum absolute atomic E-state index is 12.5. The minimum absolute atomic E-state index is 0.249. The van der Waals surface area contributed by atoms with E-state index < -0.39 is 0 Å². The van der Waals surface area contributed by atoms with Crippen molar-refractivity contribution in [3.05, 3.63) is 69.3 Å². The van der Waals surface area contributed by atoms with Crippen molar-refractivity contribution < 1.29 is 19.1 Å². The number of benzene rings is 2. The van der Waals surface area contributed by atoms with E-state index in [-0.39, 0.29) is 16.8 Å². The third-order valence-electron chi connectivity index (χ3n) is 4.33. The predicted molar refractivity (Wildman–Crippen MR) is 120 cm³/mol. The van der Waals surface area contributed by atoms with Gasteiger partial charge in [0, 0.05) is 18.0 Å². The molecule has 0 spiro atoms. The molecule has 2 N–H and O–H groups in total. The largest absolute Gasteiger partial charge is 0.496 e. The molecule has 1 aliphatic heterocycles. The molecule has 8 heteroatoms. The van der Waals surface area contributed by atoms with Gasteiger partial charge in [0.25, 0.3) is 11.8 Å². The van der Waals surface area contributed by atoms with E-state index in [2.05, 4.69) is 10.6 Å². The van der Waals surface area contributed by atoms with Gasteiger partial charge in [-0.2, -0.15) is 0 Å². The highest BCUT2D eigenvalue weighted by Crippen LogP contribution is 2.28. The average Bonchev–Trinajstić information content (AvgIpc) is 2.73. The lowest BCUT2D eigenvalue weighted by molar-refractivity contribution is -0.112. The Balaban J connectivity index is 1.60. The molecule has 3 rings (SSSR count). The average molecular weight is 447 g/mol. The van der Waals surface area contributed by atoms with Crippen LogP contribution in [0.1, 0.15) is 29.8 Å². The Morgan fingerprint density at radius 2 is 1.93 bits per heavy atom. The van der Waals surface area contributed by atoms with Crippen molar-refractivity contribution in [3.63, 3.8) is 0 Å². The van der Waals surface area contributed by atoms with Gasteiger partial charge in [-0.05, 0) is 49.7 Å². The third kappa shape index (κ3) is 5.70. The van der Waals surface area contributed by atoms with Crippen molar-refractivity contribution in [2.75, 3.05) is 24.3 Å². The lowest BCUT2D eigenvalue weighted by atomic mass is 10.1. The topological polar surface area (TPSA) is 76.7 Å². The van der Waals surface area contributed by atoms with Crippen LogP contribution < -0.4 is 15.4 Å². The molecule has 0 bridgehead atoms. The zero-order valence-electron chi connectivity index (χ0n) is 16.8. The van der Waals surface area contributed by atoms with Crippen molar-refractivity contribution in [2.24, 2.45) is 0 Å². The van der Waals surface area contributed by atoms with Gasteiger partial charge >= 0.3 is 0 Å². The Hall–Kier alpha value is -2.64. The van der Waals surface area contributed by atoms with E-state index in [4.69, 9.17) is 21.1 Å². The van der Waals surface area contributed by atoms with E-state index in [1.165, 1.54) is 11.8 Å². The number of ether oxygens (including phenoxy) is 2. The van der Waals surface area contributed by atoms with E-state index in [1.807, 2.05) is 31.2 Å². The number of anilines is 1. The summed E-state index contributed by atoms with van der Waals surface area (Å²) in [6, 6.07) is 12.3. The van der Waals surface area contributed by atoms with E-state index in [0.29, 0.717) is 41.7 Å². The van der Waals surface area contributed by atoms with Crippen molar-refractivity contribution in [3.8, 4) is 5.75 Å². The van der Waals surface area contributed by atoms with E-state index >= 15 is 0 Å². The van der Waals surface area contributed by atoms with Gasteiger partial charge in [-0.1, -0.05) is 23.7 Å². The van der Waals surface area contributed by atoms with Crippen LogP contribution in [0.5, 0.6) is 5.75 Å². The first kappa shape index (κ1) is 22.1. The highest BCUT2D eigenvalue weighted by Gasteiger charge is 2.19. The van der Waals surface area contributed by atoms with Crippen LogP contribution in [0, 0.1) is 0 Å². The van der Waals surface area contributed by atoms with Crippen LogP contribution in [0.3, 0.4) is 0 Å². The lowest BCUT2D eigenvalue weighted by Gasteiger charge is -2.18. The maximum atomic E-state index is 12.5. The second kappa shape index (κ2) is 10.4. The highest BCUT2D eigenvalue weighted by atomic mass is 35.5. The molecule has 0 unspecified atom stereocenters. The maximum Gasteiger partial charge on any atom is 0.265 e. The Labute approximate surface area is 185 Å². The fourth-order valence-corrected chi connectivity index (χ4v) is 3.93. The zero-order chi connectivity index (χ0) is 21.5. The Bertz CT molecular complexity index is 960. The molecule has 2 amide bonds. The van der Waals surface area contributed by atoms with E-state index in [9.17, 15) is 9.59 Å². The lowest BCUT2D eigenvalue weighted by Crippen LogP contribution is -2.23. The van der Waals surface area contributed by atoms with Gasteiger partial charge in [0.15, 0.2) is 0 Å². The Morgan fingerprint density at radius 1 is 1.17 bits per heavy atom. The van der Waals surface area contributed by atoms with Crippen LogP contribution >= 0.6 is 23.4 Å². The summed E-state index contributed by atoms with van der Waals surface area (Å²) in [4.78, 5) is 25.5. The van der Waals surface area contributed by atoms with Crippen molar-refractivity contribution in [1.29, 1.82) is 0 Å². The highest BCUT2D eigenvalue weighted by molar-refractivity contribution is 8.04. The summed E-state index contributed by atoms with van der Waals surface area (Å²) < 4.78 is 10.8. The molecule has 1 heterocycles. The molecule has 0 aromatic heterocycles. The number of rotatable bonds is 7. The molecule has 2 aromatic carbocycles. The van der Waals surface area contributed by atoms with Crippen LogP contribution in [0.4, 0.5) is 5.69 Å². The second-order valence-electron chi connectivity index (χ2n) is 6.49. The first-order valence-electron chi connectivity index (χ1n) is 9.55. The summed E-state index contributed by atoms with van der Waals surface area (Å²) in [5.74, 6) is 1.59. The van der Waals surface area contributed by atoms with Gasteiger partial charge in [0.2, 0.25) is 0 Å². The molecular weight excluding hydrogens is 424 g/mol. The van der Waals surface area contributed by atoms with Crippen LogP contribution in [0.2, 0.25) is 5.02 Å². The first-order chi connectivity index (χ1) is 14.5. The third-order valence-corrected chi connectivity index (χ3v) is 5.78. The smallest absolute Gasteiger partial charge is 0.265 e. The SMILES string of the molecule is CCOc1ccc(CNC(=O)c2ccc(NC(=O)C3=C(C)OCCS3)cc2Cl)cc1. The Morgan fingerprint density at radius 3 is 2.60 bits per heavy atom. The minimum atomic E-state index is -0.290. The number of carbonyl (C=O) groups is 2. The van der Waals surface area contributed by atoms with Crippen LogP contribution in [-0.2, 0) is 16.1 Å². The summed E-state index contributed by atoms with van der Waals surface area (Å²) in [5, 5.41) is 5.90. The predicted octanol–water partition coefficient (Wildman–Crippen LogP) is 4.60. The number of allylic oxidation sites excluding steroid dienone is 1. The zero-order valence-corrected chi connectivity index (χ0v) is 18.4. The number of hydrogen-bond acceptors (Lipinski definition) is 5. The van der Waals surface area contributed by atoms with Gasteiger partial charge in [-0.15, -0.1) is 11.8 Å². The summed E-state index contributed by atoms with van der Waals surface area (Å²) in [6.07, 6.45) is 0. The number of hydrogen-bond donors (Lipinski definition) is 2. The number of thioether (sulfide) groups is 1. The summed E-state index contributed by atoms with van der Waals surface area (Å²) in [7, 11) is 0. The number of amides is 2. The molecule has 30 heavy (non-hydrogen) atoms. The molecule has 0 atom stereocenters. The molecule has 158 valence electrons. The molecule has 0 radical (unpaired) electrons. The molecular formula is C22H23ClN2O4S. The molecule has 0 saturated carbocycles. The summed E-state index contributed by atoms with van der Waals surface area (Å²) >= 11 is 7.75. The van der Waals surface area contributed by atoms with Crippen molar-refractivity contribution in [2.45, 2.75) is 20.4 Å². The fourth-order valence-electron chi connectivity index (χ4n) is 2.84. The summed E-state index contributed by atoms with van der Waals surface area (Å²) in [6.45, 7) is 5.27. The van der Waals surface area contributed by atoms with Gasteiger partial charge in [-0.25, -0.2) is 0 Å². The molecule has 0 saturated heterocycles. The molecule has 1 aliphatic rings.